The molecule has 3 aromatic rings. The summed E-state index contributed by atoms with van der Waals surface area (Å²) in [7, 11) is 1.62. The van der Waals surface area contributed by atoms with E-state index >= 15 is 0 Å². The SMILES string of the molecule is COc1ccccc1Nc1ccc(C(=O)Nc2ccc(Cl)cc2C)nc1. The molecule has 0 spiro atoms. The Morgan fingerprint density at radius 1 is 1.08 bits per heavy atom. The minimum atomic E-state index is -0.278. The molecule has 0 fully saturated rings. The summed E-state index contributed by atoms with van der Waals surface area (Å²) < 4.78 is 5.31. The molecule has 1 heterocycles. The maximum atomic E-state index is 12.4. The van der Waals surface area contributed by atoms with Crippen LogP contribution in [0.15, 0.2) is 60.8 Å². The molecule has 0 saturated carbocycles. The highest BCUT2D eigenvalue weighted by molar-refractivity contribution is 6.30. The maximum absolute atomic E-state index is 12.4. The maximum Gasteiger partial charge on any atom is 0.274 e. The standard InChI is InChI=1S/C20H18ClN3O2/c1-13-11-14(21)7-9-16(13)24-20(25)18-10-8-15(12-22-18)23-17-5-3-4-6-19(17)26-2/h3-12,23H,1-2H3,(H,24,25). The van der Waals surface area contributed by atoms with Gasteiger partial charge in [0.1, 0.15) is 11.4 Å². The molecule has 5 nitrogen and oxygen atoms in total. The number of nitrogens with zero attached hydrogens (tertiary/aromatic N) is 1. The van der Waals surface area contributed by atoms with E-state index in [0.717, 1.165) is 22.7 Å². The summed E-state index contributed by atoms with van der Waals surface area (Å²) in [5, 5.41) is 6.69. The van der Waals surface area contributed by atoms with Crippen molar-refractivity contribution in [3.63, 3.8) is 0 Å². The average Bonchev–Trinajstić information content (AvgIpc) is 2.65. The number of carbonyl (C=O) groups is 1. The summed E-state index contributed by atoms with van der Waals surface area (Å²) >= 11 is 5.94. The number of hydrogen-bond acceptors (Lipinski definition) is 4. The summed E-state index contributed by atoms with van der Waals surface area (Å²) in [5.41, 5.74) is 3.50. The number of carbonyl (C=O) groups excluding carboxylic acids is 1. The summed E-state index contributed by atoms with van der Waals surface area (Å²) in [5.74, 6) is 0.451. The highest BCUT2D eigenvalue weighted by Gasteiger charge is 2.10. The molecule has 6 heteroatoms. The summed E-state index contributed by atoms with van der Waals surface area (Å²) in [6, 6.07) is 16.3. The second-order valence-corrected chi connectivity index (χ2v) is 6.11. The molecule has 3 rings (SSSR count). The van der Waals surface area contributed by atoms with Crippen LogP contribution in [-0.4, -0.2) is 18.0 Å². The summed E-state index contributed by atoms with van der Waals surface area (Å²) in [6.45, 7) is 1.88. The van der Waals surface area contributed by atoms with Crippen LogP contribution in [0.3, 0.4) is 0 Å². The zero-order chi connectivity index (χ0) is 18.5. The minimum absolute atomic E-state index is 0.278. The fraction of sp³-hybridized carbons (Fsp3) is 0.100. The fourth-order valence-electron chi connectivity index (χ4n) is 2.46. The molecule has 1 aromatic heterocycles. The Balaban J connectivity index is 1.71. The van der Waals surface area contributed by atoms with E-state index < -0.39 is 0 Å². The van der Waals surface area contributed by atoms with Crippen molar-refractivity contribution < 1.29 is 9.53 Å². The van der Waals surface area contributed by atoms with Gasteiger partial charge in [0.25, 0.3) is 5.91 Å². The number of amides is 1. The van der Waals surface area contributed by atoms with E-state index in [1.54, 1.807) is 43.6 Å². The largest absolute Gasteiger partial charge is 0.495 e. The number of hydrogen-bond donors (Lipinski definition) is 2. The first-order valence-electron chi connectivity index (χ1n) is 8.00. The quantitative estimate of drug-likeness (QED) is 0.662. The lowest BCUT2D eigenvalue weighted by atomic mass is 10.2. The first-order chi connectivity index (χ1) is 12.6. The number of pyridine rings is 1. The van der Waals surface area contributed by atoms with Gasteiger partial charge in [0, 0.05) is 10.7 Å². The van der Waals surface area contributed by atoms with E-state index in [0.29, 0.717) is 16.4 Å². The lowest BCUT2D eigenvalue weighted by molar-refractivity contribution is 0.102. The fourth-order valence-corrected chi connectivity index (χ4v) is 2.69. The highest BCUT2D eigenvalue weighted by atomic mass is 35.5. The van der Waals surface area contributed by atoms with Crippen molar-refractivity contribution in [2.75, 3.05) is 17.7 Å². The van der Waals surface area contributed by atoms with E-state index in [-0.39, 0.29) is 5.91 Å². The van der Waals surface area contributed by atoms with Crippen LogP contribution in [0.25, 0.3) is 0 Å². The van der Waals surface area contributed by atoms with Gasteiger partial charge < -0.3 is 15.4 Å². The molecule has 0 aliphatic carbocycles. The number of aromatic nitrogens is 1. The van der Waals surface area contributed by atoms with Gasteiger partial charge >= 0.3 is 0 Å². The Labute approximate surface area is 157 Å². The van der Waals surface area contributed by atoms with Crippen molar-refractivity contribution in [2.24, 2.45) is 0 Å². The zero-order valence-electron chi connectivity index (χ0n) is 14.4. The van der Waals surface area contributed by atoms with Crippen LogP contribution in [0, 0.1) is 6.92 Å². The van der Waals surface area contributed by atoms with Crippen LogP contribution in [-0.2, 0) is 0 Å². The molecule has 26 heavy (non-hydrogen) atoms. The van der Waals surface area contributed by atoms with Gasteiger partial charge in [0.2, 0.25) is 0 Å². The van der Waals surface area contributed by atoms with Crippen molar-refractivity contribution in [1.82, 2.24) is 4.98 Å². The topological polar surface area (TPSA) is 63.2 Å². The highest BCUT2D eigenvalue weighted by Crippen LogP contribution is 2.26. The molecule has 1 amide bonds. The number of halogens is 1. The van der Waals surface area contributed by atoms with Crippen LogP contribution >= 0.6 is 11.6 Å². The van der Waals surface area contributed by atoms with Gasteiger partial charge in [-0.15, -0.1) is 0 Å². The van der Waals surface area contributed by atoms with Gasteiger partial charge in [-0.05, 0) is 55.0 Å². The Hall–Kier alpha value is -3.05. The molecule has 0 atom stereocenters. The summed E-state index contributed by atoms with van der Waals surface area (Å²) in [4.78, 5) is 16.6. The molecule has 0 saturated heterocycles. The van der Waals surface area contributed by atoms with Crippen molar-refractivity contribution >= 4 is 34.6 Å². The van der Waals surface area contributed by atoms with Crippen molar-refractivity contribution in [2.45, 2.75) is 6.92 Å². The predicted molar refractivity (Wildman–Crippen MR) is 105 cm³/mol. The second kappa shape index (κ2) is 7.89. The van der Waals surface area contributed by atoms with E-state index in [4.69, 9.17) is 16.3 Å². The van der Waals surface area contributed by atoms with Gasteiger partial charge in [0.05, 0.1) is 24.7 Å². The monoisotopic (exact) mass is 367 g/mol. The number of methoxy groups -OCH3 is 1. The smallest absolute Gasteiger partial charge is 0.274 e. The van der Waals surface area contributed by atoms with Gasteiger partial charge in [-0.3, -0.25) is 4.79 Å². The van der Waals surface area contributed by atoms with Crippen molar-refractivity contribution in [3.05, 3.63) is 77.1 Å². The first kappa shape index (κ1) is 17.8. The van der Waals surface area contributed by atoms with E-state index in [9.17, 15) is 4.79 Å². The van der Waals surface area contributed by atoms with Crippen LogP contribution in [0.1, 0.15) is 16.1 Å². The van der Waals surface area contributed by atoms with Gasteiger partial charge in [0.15, 0.2) is 0 Å². The van der Waals surface area contributed by atoms with Crippen molar-refractivity contribution in [1.29, 1.82) is 0 Å². The molecule has 2 N–H and O–H groups in total. The molecular formula is C20H18ClN3O2. The Morgan fingerprint density at radius 2 is 1.88 bits per heavy atom. The minimum Gasteiger partial charge on any atom is -0.495 e. The van der Waals surface area contributed by atoms with Gasteiger partial charge in [-0.25, -0.2) is 4.98 Å². The van der Waals surface area contributed by atoms with E-state index in [1.165, 1.54) is 0 Å². The van der Waals surface area contributed by atoms with Crippen molar-refractivity contribution in [3.8, 4) is 5.75 Å². The van der Waals surface area contributed by atoms with Gasteiger partial charge in [-0.1, -0.05) is 23.7 Å². The third-order valence-corrected chi connectivity index (χ3v) is 4.05. The lowest BCUT2D eigenvalue weighted by Crippen LogP contribution is -2.14. The molecule has 0 aliphatic heterocycles. The third kappa shape index (κ3) is 4.13. The number of benzene rings is 2. The zero-order valence-corrected chi connectivity index (χ0v) is 15.2. The first-order valence-corrected chi connectivity index (χ1v) is 8.38. The Kier molecular flexibility index (Phi) is 5.39. The van der Waals surface area contributed by atoms with Crippen LogP contribution in [0.4, 0.5) is 17.1 Å². The average molecular weight is 368 g/mol. The number of anilines is 3. The number of ether oxygens (including phenoxy) is 1. The number of rotatable bonds is 5. The number of para-hydroxylation sites is 2. The molecule has 0 aliphatic rings. The molecule has 0 radical (unpaired) electrons. The normalized spacial score (nSPS) is 10.3. The molecule has 0 unspecified atom stereocenters. The van der Waals surface area contributed by atoms with E-state index in [1.807, 2.05) is 31.2 Å². The van der Waals surface area contributed by atoms with Crippen LogP contribution in [0.5, 0.6) is 5.75 Å². The Morgan fingerprint density at radius 3 is 2.58 bits per heavy atom. The molecule has 132 valence electrons. The molecule has 2 aromatic carbocycles. The third-order valence-electron chi connectivity index (χ3n) is 3.82. The lowest BCUT2D eigenvalue weighted by Gasteiger charge is -2.11. The summed E-state index contributed by atoms with van der Waals surface area (Å²) in [6.07, 6.45) is 1.61. The molecular weight excluding hydrogens is 350 g/mol. The van der Waals surface area contributed by atoms with E-state index in [2.05, 4.69) is 15.6 Å². The predicted octanol–water partition coefficient (Wildman–Crippen LogP) is 5.05. The van der Waals surface area contributed by atoms with Crippen LogP contribution < -0.4 is 15.4 Å². The number of aryl methyl sites for hydroxylation is 1. The Bertz CT molecular complexity index is 927. The second-order valence-electron chi connectivity index (χ2n) is 5.67. The van der Waals surface area contributed by atoms with Gasteiger partial charge in [-0.2, -0.15) is 0 Å². The number of nitrogens with one attached hydrogen (secondary N) is 2. The molecule has 0 bridgehead atoms. The van der Waals surface area contributed by atoms with Crippen LogP contribution in [0.2, 0.25) is 5.02 Å².